The molecule has 0 saturated carbocycles. The van der Waals surface area contributed by atoms with Crippen molar-refractivity contribution < 1.29 is 0 Å². The largest absolute Gasteiger partial charge is 0.337 e. The summed E-state index contributed by atoms with van der Waals surface area (Å²) < 4.78 is 2.38. The van der Waals surface area contributed by atoms with Gasteiger partial charge in [0.25, 0.3) is 0 Å². The minimum atomic E-state index is 0.166. The molecule has 1 aromatic carbocycles. The fourth-order valence-corrected chi connectivity index (χ4v) is 7.12. The van der Waals surface area contributed by atoms with Gasteiger partial charge < -0.3 is 4.57 Å². The van der Waals surface area contributed by atoms with Crippen molar-refractivity contribution in [1.82, 2.24) is 9.55 Å². The van der Waals surface area contributed by atoms with Gasteiger partial charge in [0.15, 0.2) is 0 Å². The van der Waals surface area contributed by atoms with Crippen LogP contribution < -0.4 is 0 Å². The molecule has 0 amide bonds. The number of hydrogen-bond donors (Lipinski definition) is 0. The summed E-state index contributed by atoms with van der Waals surface area (Å²) in [5.74, 6) is 1.26. The summed E-state index contributed by atoms with van der Waals surface area (Å²) in [6.07, 6.45) is 9.62. The van der Waals surface area contributed by atoms with Gasteiger partial charge in [0.2, 0.25) is 0 Å². The predicted molar refractivity (Wildman–Crippen MR) is 112 cm³/mol. The molecule has 1 fully saturated rings. The van der Waals surface area contributed by atoms with Crippen LogP contribution in [0.5, 0.6) is 0 Å². The zero-order chi connectivity index (χ0) is 17.9. The molecule has 1 aromatic heterocycles. The molecule has 0 bridgehead atoms. The first-order valence-electron chi connectivity index (χ1n) is 9.31. The van der Waals surface area contributed by atoms with Crippen LogP contribution in [-0.4, -0.2) is 20.6 Å². The van der Waals surface area contributed by atoms with Gasteiger partial charge in [-0.05, 0) is 41.6 Å². The molecule has 2 aromatic rings. The normalized spacial score (nSPS) is 24.4. The van der Waals surface area contributed by atoms with Crippen LogP contribution in [-0.2, 0) is 16.0 Å². The Labute approximate surface area is 161 Å². The molecule has 0 radical (unpaired) electrons. The average Bonchev–Trinajstić information content (AvgIpc) is 3.13. The molecule has 4 heteroatoms. The lowest BCUT2D eigenvalue weighted by Crippen LogP contribution is -2.28. The van der Waals surface area contributed by atoms with E-state index >= 15 is 0 Å². The number of aryl methyl sites for hydroxylation is 1. The maximum Gasteiger partial charge on any atom is 0.0945 e. The zero-order valence-electron chi connectivity index (χ0n) is 15.9. The lowest BCUT2D eigenvalue weighted by Gasteiger charge is -2.40. The molecule has 2 unspecified atom stereocenters. The molecule has 1 saturated heterocycles. The molecular formula is C21H30N2S2. The Balaban J connectivity index is 1.87. The van der Waals surface area contributed by atoms with E-state index in [0.717, 1.165) is 18.2 Å². The molecule has 136 valence electrons. The Hall–Kier alpha value is -0.870. The van der Waals surface area contributed by atoms with Gasteiger partial charge >= 0.3 is 0 Å². The molecule has 2 atom stereocenters. The minimum Gasteiger partial charge on any atom is -0.337 e. The fourth-order valence-electron chi connectivity index (χ4n) is 3.35. The third-order valence-electron chi connectivity index (χ3n) is 5.04. The highest BCUT2D eigenvalue weighted by Gasteiger charge is 2.38. The van der Waals surface area contributed by atoms with Gasteiger partial charge in [0.05, 0.1) is 10.4 Å². The second kappa shape index (κ2) is 7.79. The number of imidazole rings is 1. The quantitative estimate of drug-likeness (QED) is 0.632. The van der Waals surface area contributed by atoms with Crippen molar-refractivity contribution in [3.8, 4) is 0 Å². The first kappa shape index (κ1) is 18.9. The molecule has 2 nitrogen and oxygen atoms in total. The Morgan fingerprint density at radius 1 is 1.24 bits per heavy atom. The Morgan fingerprint density at radius 2 is 2.00 bits per heavy atom. The molecule has 3 rings (SSSR count). The van der Waals surface area contributed by atoms with Gasteiger partial charge in [-0.3, -0.25) is 0 Å². The monoisotopic (exact) mass is 374 g/mol. The van der Waals surface area contributed by atoms with Crippen molar-refractivity contribution in [3.05, 3.63) is 54.1 Å². The number of aromatic nitrogens is 2. The third-order valence-corrected chi connectivity index (χ3v) is 8.75. The molecule has 1 aliphatic rings. The summed E-state index contributed by atoms with van der Waals surface area (Å²) in [5, 5.41) is 0.770. The number of benzene rings is 1. The minimum absolute atomic E-state index is 0.166. The predicted octanol–water partition coefficient (Wildman–Crippen LogP) is 6.07. The summed E-state index contributed by atoms with van der Waals surface area (Å²) in [6, 6.07) is 9.44. The summed E-state index contributed by atoms with van der Waals surface area (Å²) in [5.41, 5.74) is 3.11. The van der Waals surface area contributed by atoms with Gasteiger partial charge in [0, 0.05) is 24.2 Å². The van der Waals surface area contributed by atoms with Gasteiger partial charge in [-0.2, -0.15) is 0 Å². The van der Waals surface area contributed by atoms with Crippen molar-refractivity contribution in [2.75, 3.05) is 5.75 Å². The first-order chi connectivity index (χ1) is 11.9. The van der Waals surface area contributed by atoms with E-state index in [1.54, 1.807) is 0 Å². The van der Waals surface area contributed by atoms with Gasteiger partial charge in [-0.1, -0.05) is 52.0 Å². The summed E-state index contributed by atoms with van der Waals surface area (Å²) >= 11 is 4.34. The van der Waals surface area contributed by atoms with Crippen LogP contribution in [0.25, 0.3) is 0 Å². The SMILES string of the molecule is CCC1CCSC(CCn2ccnc2)(c2ccc(C(C)(C)C)cc2)S1. The number of nitrogens with zero attached hydrogens (tertiary/aromatic N) is 2. The molecule has 1 aliphatic heterocycles. The molecule has 0 N–H and O–H groups in total. The van der Waals surface area contributed by atoms with Crippen molar-refractivity contribution in [1.29, 1.82) is 0 Å². The smallest absolute Gasteiger partial charge is 0.0945 e. The maximum atomic E-state index is 4.20. The van der Waals surface area contributed by atoms with Crippen molar-refractivity contribution in [3.63, 3.8) is 0 Å². The third kappa shape index (κ3) is 4.46. The van der Waals surface area contributed by atoms with Gasteiger partial charge in [-0.15, -0.1) is 23.5 Å². The highest BCUT2D eigenvalue weighted by molar-refractivity contribution is 8.18. The molecule has 0 aliphatic carbocycles. The highest BCUT2D eigenvalue weighted by atomic mass is 32.2. The van der Waals surface area contributed by atoms with Gasteiger partial charge in [-0.25, -0.2) is 4.98 Å². The highest BCUT2D eigenvalue weighted by Crippen LogP contribution is 2.56. The molecule has 2 heterocycles. The second-order valence-electron chi connectivity index (χ2n) is 7.92. The van der Waals surface area contributed by atoms with E-state index < -0.39 is 0 Å². The Morgan fingerprint density at radius 3 is 2.60 bits per heavy atom. The fraction of sp³-hybridized carbons (Fsp3) is 0.571. The van der Waals surface area contributed by atoms with E-state index in [4.69, 9.17) is 0 Å². The second-order valence-corrected chi connectivity index (χ2v) is 11.2. The zero-order valence-corrected chi connectivity index (χ0v) is 17.5. The van der Waals surface area contributed by atoms with E-state index in [1.165, 1.54) is 29.7 Å². The Kier molecular flexibility index (Phi) is 5.89. The van der Waals surface area contributed by atoms with Crippen LogP contribution in [0.15, 0.2) is 43.0 Å². The standard InChI is InChI=1S/C21H30N2S2/c1-5-19-10-15-24-21(25-19,11-13-23-14-12-22-16-23)18-8-6-17(7-9-18)20(2,3)4/h6-9,12,14,16,19H,5,10-11,13,15H2,1-4H3. The van der Waals surface area contributed by atoms with Crippen LogP contribution in [0.2, 0.25) is 0 Å². The number of hydrogen-bond acceptors (Lipinski definition) is 3. The topological polar surface area (TPSA) is 17.8 Å². The first-order valence-corrected chi connectivity index (χ1v) is 11.2. The van der Waals surface area contributed by atoms with E-state index in [1.807, 2.05) is 12.5 Å². The van der Waals surface area contributed by atoms with Crippen LogP contribution in [0.4, 0.5) is 0 Å². The molecular weight excluding hydrogens is 344 g/mol. The van der Waals surface area contributed by atoms with Crippen molar-refractivity contribution in [2.24, 2.45) is 0 Å². The summed E-state index contributed by atoms with van der Waals surface area (Å²) in [4.78, 5) is 4.20. The van der Waals surface area contributed by atoms with Crippen LogP contribution in [0.3, 0.4) is 0 Å². The van der Waals surface area contributed by atoms with Crippen LogP contribution in [0, 0.1) is 0 Å². The van der Waals surface area contributed by atoms with E-state index in [-0.39, 0.29) is 9.49 Å². The van der Waals surface area contributed by atoms with E-state index in [2.05, 4.69) is 91.2 Å². The van der Waals surface area contributed by atoms with E-state index in [9.17, 15) is 0 Å². The van der Waals surface area contributed by atoms with Crippen LogP contribution >= 0.6 is 23.5 Å². The van der Waals surface area contributed by atoms with Crippen molar-refractivity contribution >= 4 is 23.5 Å². The lowest BCUT2D eigenvalue weighted by molar-refractivity contribution is 0.586. The number of thioether (sulfide) groups is 2. The maximum absolute atomic E-state index is 4.20. The summed E-state index contributed by atoms with van der Waals surface area (Å²) in [7, 11) is 0. The Bertz CT molecular complexity index is 658. The molecule has 25 heavy (non-hydrogen) atoms. The van der Waals surface area contributed by atoms with Crippen LogP contribution in [0.1, 0.15) is 58.1 Å². The van der Waals surface area contributed by atoms with Crippen molar-refractivity contribution in [2.45, 2.75) is 68.2 Å². The van der Waals surface area contributed by atoms with Gasteiger partial charge in [0.1, 0.15) is 0 Å². The molecule has 0 spiro atoms. The summed E-state index contributed by atoms with van der Waals surface area (Å²) in [6.45, 7) is 10.2. The number of rotatable bonds is 5. The van der Waals surface area contributed by atoms with E-state index in [0.29, 0.717) is 0 Å². The lowest BCUT2D eigenvalue weighted by atomic mass is 9.86. The average molecular weight is 375 g/mol.